The van der Waals surface area contributed by atoms with Crippen molar-refractivity contribution in [2.75, 3.05) is 18.1 Å². The van der Waals surface area contributed by atoms with Crippen LogP contribution in [0.25, 0.3) is 0 Å². The zero-order valence-electron chi connectivity index (χ0n) is 9.67. The zero-order valence-corrected chi connectivity index (χ0v) is 10.5. The minimum absolute atomic E-state index is 0.0531. The van der Waals surface area contributed by atoms with E-state index < -0.39 is 12.0 Å². The van der Waals surface area contributed by atoms with Gasteiger partial charge in [-0.25, -0.2) is 4.79 Å². The molecule has 0 radical (unpaired) electrons. The fraction of sp³-hybridized carbons (Fsp3) is 0.818. The Labute approximate surface area is 105 Å². The van der Waals surface area contributed by atoms with Gasteiger partial charge in [0.25, 0.3) is 0 Å². The van der Waals surface area contributed by atoms with Crippen LogP contribution in [0.4, 0.5) is 0 Å². The number of carboxylic acid groups (broad SMARTS) is 1. The molecule has 2 aliphatic rings. The first kappa shape index (κ1) is 12.7. The molecule has 0 aromatic carbocycles. The van der Waals surface area contributed by atoms with Gasteiger partial charge in [-0.1, -0.05) is 6.42 Å². The van der Waals surface area contributed by atoms with E-state index in [1.165, 1.54) is 4.90 Å². The average molecular weight is 258 g/mol. The van der Waals surface area contributed by atoms with E-state index in [-0.39, 0.29) is 17.9 Å². The van der Waals surface area contributed by atoms with Gasteiger partial charge in [0.15, 0.2) is 0 Å². The first-order chi connectivity index (χ1) is 8.11. The Morgan fingerprint density at radius 1 is 1.35 bits per heavy atom. The van der Waals surface area contributed by atoms with Gasteiger partial charge < -0.3 is 15.7 Å². The lowest BCUT2D eigenvalue weighted by Gasteiger charge is -2.35. The topological polar surface area (TPSA) is 83.6 Å². The van der Waals surface area contributed by atoms with Crippen molar-refractivity contribution in [2.24, 2.45) is 11.7 Å². The third-order valence-electron chi connectivity index (χ3n) is 3.58. The normalized spacial score (nSPS) is 33.7. The Hall–Kier alpha value is -0.750. The molecule has 1 saturated carbocycles. The summed E-state index contributed by atoms with van der Waals surface area (Å²) in [6.45, 7) is 0.531. The summed E-state index contributed by atoms with van der Waals surface area (Å²) < 4.78 is 0. The molecule has 17 heavy (non-hydrogen) atoms. The van der Waals surface area contributed by atoms with Crippen LogP contribution in [-0.2, 0) is 9.59 Å². The number of rotatable bonds is 2. The Balaban J connectivity index is 2.08. The SMILES string of the molecule is NC1CCCC1C(=O)N1CCSCC1C(=O)O. The summed E-state index contributed by atoms with van der Waals surface area (Å²) in [5.74, 6) is 0.181. The average Bonchev–Trinajstić information content (AvgIpc) is 2.74. The number of carbonyl (C=O) groups is 2. The van der Waals surface area contributed by atoms with Gasteiger partial charge in [0.1, 0.15) is 6.04 Å². The van der Waals surface area contributed by atoms with Gasteiger partial charge in [-0.05, 0) is 12.8 Å². The summed E-state index contributed by atoms with van der Waals surface area (Å²) >= 11 is 1.59. The molecule has 1 aliphatic heterocycles. The first-order valence-electron chi connectivity index (χ1n) is 5.98. The summed E-state index contributed by atoms with van der Waals surface area (Å²) in [4.78, 5) is 24.9. The molecule has 6 heteroatoms. The third kappa shape index (κ3) is 2.57. The maximum Gasteiger partial charge on any atom is 0.327 e. The molecule has 96 valence electrons. The third-order valence-corrected chi connectivity index (χ3v) is 4.61. The molecule has 2 fully saturated rings. The summed E-state index contributed by atoms with van der Waals surface area (Å²) in [5.41, 5.74) is 5.91. The molecule has 0 bridgehead atoms. The van der Waals surface area contributed by atoms with Crippen LogP contribution in [0.15, 0.2) is 0 Å². The Bertz CT molecular complexity index is 324. The fourth-order valence-corrected chi connectivity index (χ4v) is 3.62. The van der Waals surface area contributed by atoms with Crippen LogP contribution in [-0.4, -0.2) is 52.0 Å². The highest BCUT2D eigenvalue weighted by Crippen LogP contribution is 2.28. The highest BCUT2D eigenvalue weighted by molar-refractivity contribution is 7.99. The minimum Gasteiger partial charge on any atom is -0.480 e. The van der Waals surface area contributed by atoms with Gasteiger partial charge in [-0.3, -0.25) is 4.79 Å². The van der Waals surface area contributed by atoms with Gasteiger partial charge in [0.05, 0.1) is 5.92 Å². The standard InChI is InChI=1S/C11H18N2O3S/c12-8-3-1-2-7(8)10(14)13-4-5-17-6-9(13)11(15)16/h7-9H,1-6,12H2,(H,15,16). The fourth-order valence-electron chi connectivity index (χ4n) is 2.58. The zero-order chi connectivity index (χ0) is 12.4. The largest absolute Gasteiger partial charge is 0.480 e. The van der Waals surface area contributed by atoms with E-state index in [1.54, 1.807) is 11.8 Å². The van der Waals surface area contributed by atoms with Crippen molar-refractivity contribution in [1.82, 2.24) is 4.90 Å². The second kappa shape index (κ2) is 5.27. The van der Waals surface area contributed by atoms with E-state index in [0.29, 0.717) is 12.3 Å². The van der Waals surface area contributed by atoms with Gasteiger partial charge in [-0.15, -0.1) is 0 Å². The number of hydrogen-bond donors (Lipinski definition) is 2. The van der Waals surface area contributed by atoms with Crippen molar-refractivity contribution in [3.63, 3.8) is 0 Å². The van der Waals surface area contributed by atoms with Gasteiger partial charge in [0.2, 0.25) is 5.91 Å². The maximum atomic E-state index is 12.3. The van der Waals surface area contributed by atoms with E-state index in [4.69, 9.17) is 10.8 Å². The highest BCUT2D eigenvalue weighted by atomic mass is 32.2. The minimum atomic E-state index is -0.905. The predicted octanol–water partition coefficient (Wildman–Crippen LogP) is 0.142. The highest BCUT2D eigenvalue weighted by Gasteiger charge is 2.39. The van der Waals surface area contributed by atoms with Gasteiger partial charge >= 0.3 is 5.97 Å². The van der Waals surface area contributed by atoms with Crippen LogP contribution in [0, 0.1) is 5.92 Å². The van der Waals surface area contributed by atoms with Crippen LogP contribution in [0.1, 0.15) is 19.3 Å². The molecule has 0 aromatic rings. The van der Waals surface area contributed by atoms with Gasteiger partial charge in [-0.2, -0.15) is 11.8 Å². The number of hydrogen-bond acceptors (Lipinski definition) is 4. The van der Waals surface area contributed by atoms with E-state index >= 15 is 0 Å². The second-order valence-corrected chi connectivity index (χ2v) is 5.81. The molecule has 0 aromatic heterocycles. The number of thioether (sulfide) groups is 1. The lowest BCUT2D eigenvalue weighted by molar-refractivity contribution is -0.151. The molecule has 3 atom stereocenters. The predicted molar refractivity (Wildman–Crippen MR) is 65.8 cm³/mol. The van der Waals surface area contributed by atoms with Crippen LogP contribution >= 0.6 is 11.8 Å². The van der Waals surface area contributed by atoms with Crippen LogP contribution in [0.5, 0.6) is 0 Å². The summed E-state index contributed by atoms with van der Waals surface area (Å²) in [5, 5.41) is 9.13. The Morgan fingerprint density at radius 2 is 2.12 bits per heavy atom. The lowest BCUT2D eigenvalue weighted by Crippen LogP contribution is -2.53. The molecule has 1 heterocycles. The van der Waals surface area contributed by atoms with E-state index in [2.05, 4.69) is 0 Å². The van der Waals surface area contributed by atoms with Crippen LogP contribution in [0.2, 0.25) is 0 Å². The number of carboxylic acids is 1. The van der Waals surface area contributed by atoms with Crippen LogP contribution < -0.4 is 5.73 Å². The quantitative estimate of drug-likeness (QED) is 0.736. The second-order valence-electron chi connectivity index (χ2n) is 4.66. The summed E-state index contributed by atoms with van der Waals surface area (Å²) in [6, 6.07) is -0.763. The van der Waals surface area contributed by atoms with E-state index in [0.717, 1.165) is 25.0 Å². The Kier molecular flexibility index (Phi) is 3.93. The number of nitrogens with zero attached hydrogens (tertiary/aromatic N) is 1. The molecule has 3 unspecified atom stereocenters. The number of aliphatic carboxylic acids is 1. The molecule has 1 saturated heterocycles. The maximum absolute atomic E-state index is 12.3. The molecule has 1 amide bonds. The number of carbonyl (C=O) groups excluding carboxylic acids is 1. The van der Waals surface area contributed by atoms with E-state index in [9.17, 15) is 9.59 Å². The van der Waals surface area contributed by atoms with Crippen molar-refractivity contribution in [2.45, 2.75) is 31.3 Å². The Morgan fingerprint density at radius 3 is 2.71 bits per heavy atom. The van der Waals surface area contributed by atoms with Crippen molar-refractivity contribution in [1.29, 1.82) is 0 Å². The molecule has 3 N–H and O–H groups in total. The van der Waals surface area contributed by atoms with Crippen molar-refractivity contribution < 1.29 is 14.7 Å². The molecular formula is C11H18N2O3S. The smallest absolute Gasteiger partial charge is 0.327 e. The molecule has 5 nitrogen and oxygen atoms in total. The summed E-state index contributed by atoms with van der Waals surface area (Å²) in [7, 11) is 0. The molecule has 1 aliphatic carbocycles. The number of amides is 1. The van der Waals surface area contributed by atoms with Crippen molar-refractivity contribution >= 4 is 23.6 Å². The lowest BCUT2D eigenvalue weighted by atomic mass is 10.0. The van der Waals surface area contributed by atoms with Crippen molar-refractivity contribution in [3.05, 3.63) is 0 Å². The monoisotopic (exact) mass is 258 g/mol. The van der Waals surface area contributed by atoms with E-state index in [1.807, 2.05) is 0 Å². The molecule has 2 rings (SSSR count). The number of nitrogens with two attached hydrogens (primary N) is 1. The molecular weight excluding hydrogens is 240 g/mol. The van der Waals surface area contributed by atoms with Crippen molar-refractivity contribution in [3.8, 4) is 0 Å². The first-order valence-corrected chi connectivity index (χ1v) is 7.13. The van der Waals surface area contributed by atoms with Gasteiger partial charge in [0, 0.05) is 24.1 Å². The van der Waals surface area contributed by atoms with Crippen LogP contribution in [0.3, 0.4) is 0 Å². The summed E-state index contributed by atoms with van der Waals surface area (Å²) in [6.07, 6.45) is 2.64. The molecule has 0 spiro atoms.